The molecule has 12 heteroatoms. The number of nitrogens with one attached hydrogen (secondary N) is 2. The van der Waals surface area contributed by atoms with Crippen molar-refractivity contribution in [2.45, 2.75) is 37.5 Å². The monoisotopic (exact) mass is 481 g/mol. The summed E-state index contributed by atoms with van der Waals surface area (Å²) in [6.45, 7) is 0. The highest BCUT2D eigenvalue weighted by molar-refractivity contribution is 5.91. The van der Waals surface area contributed by atoms with Crippen LogP contribution in [0.5, 0.6) is 0 Å². The van der Waals surface area contributed by atoms with Gasteiger partial charge in [0.1, 0.15) is 11.6 Å². The van der Waals surface area contributed by atoms with Crippen LogP contribution < -0.4 is 10.9 Å². The molecular formula is C22H20F5N5O2. The molecule has 0 unspecified atom stereocenters. The average molecular weight is 481 g/mol. The van der Waals surface area contributed by atoms with Crippen LogP contribution in [-0.2, 0) is 12.6 Å². The van der Waals surface area contributed by atoms with Gasteiger partial charge in [0.2, 0.25) is 0 Å². The van der Waals surface area contributed by atoms with E-state index in [0.717, 1.165) is 30.1 Å². The van der Waals surface area contributed by atoms with Gasteiger partial charge in [-0.15, -0.1) is 0 Å². The number of anilines is 1. The maximum absolute atomic E-state index is 14.7. The van der Waals surface area contributed by atoms with E-state index in [1.807, 2.05) is 0 Å². The molecule has 0 aliphatic carbocycles. The number of amides is 2. The summed E-state index contributed by atoms with van der Waals surface area (Å²) < 4.78 is 69.0. The molecule has 1 fully saturated rings. The van der Waals surface area contributed by atoms with Gasteiger partial charge in [-0.05, 0) is 48.6 Å². The Hall–Kier alpha value is -3.83. The molecule has 2 N–H and O–H groups in total. The number of benzene rings is 1. The number of aromatic nitrogens is 3. The summed E-state index contributed by atoms with van der Waals surface area (Å²) in [6.07, 6.45) is -1.51. The van der Waals surface area contributed by atoms with E-state index in [4.69, 9.17) is 0 Å². The molecule has 7 nitrogen and oxygen atoms in total. The normalized spacial score (nSPS) is 19.1. The molecule has 0 radical (unpaired) electrons. The van der Waals surface area contributed by atoms with Gasteiger partial charge < -0.3 is 10.2 Å². The fourth-order valence-corrected chi connectivity index (χ4v) is 4.70. The van der Waals surface area contributed by atoms with Crippen molar-refractivity contribution >= 4 is 11.7 Å². The zero-order chi connectivity index (χ0) is 24.2. The minimum absolute atomic E-state index is 0. The second-order valence-corrected chi connectivity index (χ2v) is 8.20. The largest absolute Gasteiger partial charge is 0.417 e. The van der Waals surface area contributed by atoms with Gasteiger partial charge in [-0.1, -0.05) is 0 Å². The second-order valence-electron chi connectivity index (χ2n) is 8.20. The molecule has 2 bridgehead atoms. The number of rotatable bonds is 2. The topological polar surface area (TPSA) is 91.0 Å². The molecule has 2 aliphatic rings. The number of hydrogen-bond donors (Lipinski definition) is 2. The lowest BCUT2D eigenvalue weighted by atomic mass is 9.98. The Morgan fingerprint density at radius 2 is 1.94 bits per heavy atom. The van der Waals surface area contributed by atoms with Crippen LogP contribution in [-0.4, -0.2) is 32.2 Å². The van der Waals surface area contributed by atoms with Crippen LogP contribution in [0.15, 0.2) is 41.5 Å². The first-order valence-corrected chi connectivity index (χ1v) is 10.3. The quantitative estimate of drug-likeness (QED) is 0.509. The van der Waals surface area contributed by atoms with Gasteiger partial charge in [-0.2, -0.15) is 18.3 Å². The minimum atomic E-state index is -4.93. The Morgan fingerprint density at radius 1 is 1.15 bits per heavy atom. The summed E-state index contributed by atoms with van der Waals surface area (Å²) in [5, 5.41) is 8.76. The molecule has 1 saturated heterocycles. The summed E-state index contributed by atoms with van der Waals surface area (Å²) in [5.74, 6) is -2.16. The van der Waals surface area contributed by atoms with Crippen LogP contribution in [0.2, 0.25) is 0 Å². The van der Waals surface area contributed by atoms with E-state index >= 15 is 0 Å². The summed E-state index contributed by atoms with van der Waals surface area (Å²) in [7, 11) is 0. The van der Waals surface area contributed by atoms with Crippen molar-refractivity contribution in [3.8, 4) is 11.1 Å². The first kappa shape index (κ1) is 22.0. The van der Waals surface area contributed by atoms with Crippen molar-refractivity contribution in [2.24, 2.45) is 0 Å². The maximum atomic E-state index is 14.7. The summed E-state index contributed by atoms with van der Waals surface area (Å²) in [6, 6.07) is 1.91. The highest BCUT2D eigenvalue weighted by atomic mass is 19.4. The lowest BCUT2D eigenvalue weighted by Gasteiger charge is -2.35. The molecule has 34 heavy (non-hydrogen) atoms. The number of nitrogens with zero attached hydrogens (tertiary/aromatic N) is 3. The van der Waals surface area contributed by atoms with Gasteiger partial charge in [0.15, 0.2) is 0 Å². The van der Waals surface area contributed by atoms with Crippen LogP contribution in [0.4, 0.5) is 32.4 Å². The number of H-pyrrole nitrogens is 1. The number of hydrogen-bond acceptors (Lipinski definition) is 4. The fraction of sp³-hybridized carbons (Fsp3) is 0.273. The number of pyridine rings is 1. The van der Waals surface area contributed by atoms with E-state index in [-0.39, 0.29) is 26.1 Å². The molecule has 2 amide bonds. The van der Waals surface area contributed by atoms with Crippen molar-refractivity contribution in [1.29, 1.82) is 0 Å². The van der Waals surface area contributed by atoms with E-state index in [2.05, 4.69) is 20.5 Å². The molecule has 0 spiro atoms. The molecule has 2 aromatic heterocycles. The molecule has 3 aromatic rings. The van der Waals surface area contributed by atoms with Crippen molar-refractivity contribution < 1.29 is 29.6 Å². The number of alkyl halides is 3. The number of halogens is 5. The summed E-state index contributed by atoms with van der Waals surface area (Å²) in [4.78, 5) is 29.7. The van der Waals surface area contributed by atoms with Crippen molar-refractivity contribution in [3.05, 3.63) is 75.5 Å². The molecule has 4 heterocycles. The standard InChI is InChI=1S/C22H16F5N5O2.2H2/c23-12-3-11(8-28-9-12)14-6-17(16(24)7-15(14)22(25,26)27)29-21(34)32-13-1-2-18(32)20-10(4-13)5-19(33)30-31-20;;/h3,5-9,13,18H,1-2,4H2,(H,29,34)(H,30,33);2*1H/t13-,18+;;/m0../s1. The first-order valence-electron chi connectivity index (χ1n) is 10.3. The third kappa shape index (κ3) is 3.78. The van der Waals surface area contributed by atoms with Crippen LogP contribution in [0, 0.1) is 11.6 Å². The van der Waals surface area contributed by atoms with Crippen molar-refractivity contribution in [1.82, 2.24) is 20.1 Å². The Balaban J connectivity index is 0.00000180. The zero-order valence-corrected chi connectivity index (χ0v) is 17.3. The lowest BCUT2D eigenvalue weighted by molar-refractivity contribution is -0.137. The Bertz CT molecular complexity index is 1370. The fourth-order valence-electron chi connectivity index (χ4n) is 4.70. The van der Waals surface area contributed by atoms with Gasteiger partial charge in [-0.3, -0.25) is 9.78 Å². The third-order valence-electron chi connectivity index (χ3n) is 6.10. The predicted octanol–water partition coefficient (Wildman–Crippen LogP) is 4.91. The molecule has 180 valence electrons. The van der Waals surface area contributed by atoms with Gasteiger partial charge in [0, 0.05) is 26.7 Å². The highest BCUT2D eigenvalue weighted by Crippen LogP contribution is 2.43. The SMILES string of the molecule is O=C(Nc1cc(-c2cncc(F)c2)c(C(F)(F)F)cc1F)N1[C@H]2CC[C@@H]1c1n[nH]c(=O)cc1C2.[HH].[HH]. The van der Waals surface area contributed by atoms with Crippen molar-refractivity contribution in [3.63, 3.8) is 0 Å². The van der Waals surface area contributed by atoms with Crippen LogP contribution in [0.25, 0.3) is 11.1 Å². The van der Waals surface area contributed by atoms with Crippen LogP contribution >= 0.6 is 0 Å². The maximum Gasteiger partial charge on any atom is 0.417 e. The molecule has 0 saturated carbocycles. The molecule has 1 aromatic carbocycles. The predicted molar refractivity (Wildman–Crippen MR) is 114 cm³/mol. The Labute approximate surface area is 191 Å². The molecule has 2 aliphatic heterocycles. The molecular weight excluding hydrogens is 461 g/mol. The molecule has 5 rings (SSSR count). The summed E-state index contributed by atoms with van der Waals surface area (Å²) in [5.41, 5.74) is -1.66. The third-order valence-corrected chi connectivity index (χ3v) is 6.10. The highest BCUT2D eigenvalue weighted by Gasteiger charge is 2.44. The van der Waals surface area contributed by atoms with Gasteiger partial charge in [0.05, 0.1) is 29.2 Å². The van der Waals surface area contributed by atoms with Crippen LogP contribution in [0.3, 0.4) is 0 Å². The smallest absolute Gasteiger partial charge is 0.313 e. The van der Waals surface area contributed by atoms with E-state index in [0.29, 0.717) is 25.0 Å². The Morgan fingerprint density at radius 3 is 2.68 bits per heavy atom. The van der Waals surface area contributed by atoms with Gasteiger partial charge >= 0.3 is 12.2 Å². The van der Waals surface area contributed by atoms with E-state index in [9.17, 15) is 31.5 Å². The molecule has 2 atom stereocenters. The lowest BCUT2D eigenvalue weighted by Crippen LogP contribution is -2.45. The van der Waals surface area contributed by atoms with E-state index < -0.39 is 46.7 Å². The van der Waals surface area contributed by atoms with Gasteiger partial charge in [-0.25, -0.2) is 18.7 Å². The number of fused-ring (bicyclic) bond motifs is 4. The number of urea groups is 1. The van der Waals surface area contributed by atoms with Crippen molar-refractivity contribution in [2.75, 3.05) is 5.32 Å². The van der Waals surface area contributed by atoms with Crippen LogP contribution in [0.1, 0.15) is 38.6 Å². The minimum Gasteiger partial charge on any atom is -0.313 e. The zero-order valence-electron chi connectivity index (χ0n) is 17.3. The van der Waals surface area contributed by atoms with E-state index in [1.54, 1.807) is 0 Å². The summed E-state index contributed by atoms with van der Waals surface area (Å²) >= 11 is 0. The number of carbonyl (C=O) groups excluding carboxylic acids is 1. The average Bonchev–Trinajstić information content (AvgIpc) is 3.09. The van der Waals surface area contributed by atoms with Gasteiger partial charge in [0.25, 0.3) is 5.56 Å². The second kappa shape index (κ2) is 7.89. The Kier molecular flexibility index (Phi) is 5.10. The first-order chi connectivity index (χ1) is 16.1. The number of aromatic amines is 1. The number of carbonyl (C=O) groups is 1. The van der Waals surface area contributed by atoms with E-state index in [1.165, 1.54) is 11.0 Å².